The Bertz CT molecular complexity index is 664. The maximum atomic E-state index is 4.46. The maximum Gasteiger partial charge on any atom is 0.125 e. The Morgan fingerprint density at radius 2 is 1.86 bits per heavy atom. The van der Waals surface area contributed by atoms with E-state index in [0.717, 1.165) is 29.3 Å². The second-order valence-electron chi connectivity index (χ2n) is 5.95. The highest BCUT2D eigenvalue weighted by atomic mass is 15.1. The molecule has 1 aromatic carbocycles. The minimum absolute atomic E-state index is 0.118. The molecule has 0 aliphatic rings. The van der Waals surface area contributed by atoms with Crippen molar-refractivity contribution in [3.05, 3.63) is 65.9 Å². The predicted molar refractivity (Wildman–Crippen MR) is 93.1 cm³/mol. The van der Waals surface area contributed by atoms with E-state index in [1.807, 2.05) is 33.2 Å². The van der Waals surface area contributed by atoms with Crippen molar-refractivity contribution in [2.75, 3.05) is 11.9 Å². The van der Waals surface area contributed by atoms with Gasteiger partial charge in [0.05, 0.1) is 17.6 Å². The molecular weight excluding hydrogens is 270 g/mol. The van der Waals surface area contributed by atoms with Gasteiger partial charge in [-0.25, -0.2) is 9.97 Å². The SMILES string of the molecule is C=C(N(C)c1cnc(C)nc1C)C(C)(CC)c1ccccc1. The number of aryl methyl sites for hydroxylation is 2. The average Bonchev–Trinajstić information content (AvgIpc) is 2.53. The monoisotopic (exact) mass is 295 g/mol. The van der Waals surface area contributed by atoms with Crippen molar-refractivity contribution in [3.8, 4) is 0 Å². The Hall–Kier alpha value is -2.16. The van der Waals surface area contributed by atoms with Crippen molar-refractivity contribution in [2.45, 2.75) is 39.5 Å². The number of allylic oxidation sites excluding steroid dienone is 1. The van der Waals surface area contributed by atoms with Crippen LogP contribution in [0.2, 0.25) is 0 Å². The molecule has 1 aromatic heterocycles. The van der Waals surface area contributed by atoms with Gasteiger partial charge >= 0.3 is 0 Å². The van der Waals surface area contributed by atoms with E-state index in [4.69, 9.17) is 0 Å². The van der Waals surface area contributed by atoms with Crippen molar-refractivity contribution >= 4 is 5.69 Å². The second-order valence-corrected chi connectivity index (χ2v) is 5.95. The fourth-order valence-electron chi connectivity index (χ4n) is 2.80. The van der Waals surface area contributed by atoms with Crippen LogP contribution in [0, 0.1) is 13.8 Å². The Balaban J connectivity index is 2.40. The van der Waals surface area contributed by atoms with Crippen LogP contribution in [0.3, 0.4) is 0 Å². The Kier molecular flexibility index (Phi) is 4.65. The standard InChI is InChI=1S/C19H25N3/c1-7-19(5,17-11-9-8-10-12-17)15(3)22(6)18-13-20-16(4)21-14(18)2/h8-13H,3,7H2,1-2,4-6H3. The summed E-state index contributed by atoms with van der Waals surface area (Å²) in [5.41, 5.74) is 4.19. The highest BCUT2D eigenvalue weighted by Crippen LogP contribution is 2.37. The smallest absolute Gasteiger partial charge is 0.125 e. The van der Waals surface area contributed by atoms with Crippen LogP contribution in [0.4, 0.5) is 5.69 Å². The summed E-state index contributed by atoms with van der Waals surface area (Å²) in [5.74, 6) is 0.793. The third-order valence-corrected chi connectivity index (χ3v) is 4.60. The van der Waals surface area contributed by atoms with Gasteiger partial charge in [0.25, 0.3) is 0 Å². The van der Waals surface area contributed by atoms with E-state index in [0.29, 0.717) is 0 Å². The lowest BCUT2D eigenvalue weighted by atomic mass is 9.77. The van der Waals surface area contributed by atoms with Crippen molar-refractivity contribution in [3.63, 3.8) is 0 Å². The molecule has 3 nitrogen and oxygen atoms in total. The van der Waals surface area contributed by atoms with Gasteiger partial charge in [-0.1, -0.05) is 50.8 Å². The van der Waals surface area contributed by atoms with Crippen LogP contribution in [0.15, 0.2) is 48.8 Å². The Labute approximate surface area is 133 Å². The van der Waals surface area contributed by atoms with Crippen LogP contribution in [0.1, 0.15) is 37.4 Å². The zero-order valence-electron chi connectivity index (χ0n) is 14.2. The number of benzene rings is 1. The zero-order chi connectivity index (χ0) is 16.3. The first-order chi connectivity index (χ1) is 10.4. The average molecular weight is 295 g/mol. The quantitative estimate of drug-likeness (QED) is 0.818. The molecular formula is C19H25N3. The molecule has 0 bridgehead atoms. The molecule has 0 fully saturated rings. The first kappa shape index (κ1) is 16.2. The predicted octanol–water partition coefficient (Wildman–Crippen LogP) is 4.41. The third kappa shape index (κ3) is 2.89. The van der Waals surface area contributed by atoms with Gasteiger partial charge in [-0.05, 0) is 25.8 Å². The minimum Gasteiger partial charge on any atom is -0.345 e. The summed E-state index contributed by atoms with van der Waals surface area (Å²) in [6, 6.07) is 10.5. The van der Waals surface area contributed by atoms with Crippen LogP contribution >= 0.6 is 0 Å². The van der Waals surface area contributed by atoms with Crippen LogP contribution in [-0.4, -0.2) is 17.0 Å². The van der Waals surface area contributed by atoms with E-state index in [1.54, 1.807) is 0 Å². The number of aromatic nitrogens is 2. The van der Waals surface area contributed by atoms with Crippen LogP contribution in [0.25, 0.3) is 0 Å². The first-order valence-corrected chi connectivity index (χ1v) is 7.69. The van der Waals surface area contributed by atoms with E-state index in [2.05, 4.69) is 59.6 Å². The van der Waals surface area contributed by atoms with Crippen LogP contribution in [0.5, 0.6) is 0 Å². The third-order valence-electron chi connectivity index (χ3n) is 4.60. The molecule has 0 amide bonds. The number of nitrogens with zero attached hydrogens (tertiary/aromatic N) is 3. The van der Waals surface area contributed by atoms with Crippen molar-refractivity contribution in [2.24, 2.45) is 0 Å². The van der Waals surface area contributed by atoms with Gasteiger partial charge in [-0.3, -0.25) is 0 Å². The molecule has 3 heteroatoms. The molecule has 22 heavy (non-hydrogen) atoms. The van der Waals surface area contributed by atoms with E-state index in [1.165, 1.54) is 5.56 Å². The van der Waals surface area contributed by atoms with Crippen LogP contribution < -0.4 is 4.90 Å². The molecule has 0 saturated carbocycles. The summed E-state index contributed by atoms with van der Waals surface area (Å²) in [5, 5.41) is 0. The number of anilines is 1. The number of likely N-dealkylation sites (N-methyl/N-ethyl adjacent to an activating group) is 1. The molecule has 1 unspecified atom stereocenters. The van der Waals surface area contributed by atoms with Gasteiger partial charge in [-0.2, -0.15) is 0 Å². The topological polar surface area (TPSA) is 29.0 Å². The molecule has 0 radical (unpaired) electrons. The minimum atomic E-state index is -0.118. The largest absolute Gasteiger partial charge is 0.345 e. The fourth-order valence-corrected chi connectivity index (χ4v) is 2.80. The molecule has 0 aliphatic heterocycles. The molecule has 2 rings (SSSR count). The lowest BCUT2D eigenvalue weighted by Crippen LogP contribution is -2.34. The molecule has 2 aromatic rings. The normalized spacial score (nSPS) is 13.5. The van der Waals surface area contributed by atoms with E-state index >= 15 is 0 Å². The lowest BCUT2D eigenvalue weighted by molar-refractivity contribution is 0.524. The zero-order valence-corrected chi connectivity index (χ0v) is 14.2. The van der Waals surface area contributed by atoms with Gasteiger partial charge in [0, 0.05) is 18.2 Å². The van der Waals surface area contributed by atoms with E-state index in [9.17, 15) is 0 Å². The number of rotatable bonds is 5. The van der Waals surface area contributed by atoms with Gasteiger partial charge in [0.15, 0.2) is 0 Å². The summed E-state index contributed by atoms with van der Waals surface area (Å²) in [7, 11) is 2.04. The van der Waals surface area contributed by atoms with Gasteiger partial charge in [0.2, 0.25) is 0 Å². The summed E-state index contributed by atoms with van der Waals surface area (Å²) in [6.45, 7) is 12.7. The fraction of sp³-hybridized carbons (Fsp3) is 0.368. The second kappa shape index (κ2) is 6.30. The summed E-state index contributed by atoms with van der Waals surface area (Å²) in [4.78, 5) is 10.9. The van der Waals surface area contributed by atoms with E-state index in [-0.39, 0.29) is 5.41 Å². The van der Waals surface area contributed by atoms with Crippen LogP contribution in [-0.2, 0) is 5.41 Å². The highest BCUT2D eigenvalue weighted by Gasteiger charge is 2.31. The summed E-state index contributed by atoms with van der Waals surface area (Å²) >= 11 is 0. The molecule has 116 valence electrons. The van der Waals surface area contributed by atoms with Gasteiger partial charge in [-0.15, -0.1) is 0 Å². The van der Waals surface area contributed by atoms with Gasteiger partial charge in [0.1, 0.15) is 5.82 Å². The lowest BCUT2D eigenvalue weighted by Gasteiger charge is -2.37. The van der Waals surface area contributed by atoms with E-state index < -0.39 is 0 Å². The molecule has 0 aliphatic carbocycles. The molecule has 0 N–H and O–H groups in total. The number of hydrogen-bond donors (Lipinski definition) is 0. The van der Waals surface area contributed by atoms with Crippen molar-refractivity contribution < 1.29 is 0 Å². The molecule has 1 heterocycles. The van der Waals surface area contributed by atoms with Crippen molar-refractivity contribution in [1.29, 1.82) is 0 Å². The first-order valence-electron chi connectivity index (χ1n) is 7.69. The highest BCUT2D eigenvalue weighted by molar-refractivity contribution is 5.56. The number of hydrogen-bond acceptors (Lipinski definition) is 3. The Morgan fingerprint density at radius 3 is 2.41 bits per heavy atom. The molecule has 0 saturated heterocycles. The van der Waals surface area contributed by atoms with Gasteiger partial charge < -0.3 is 4.90 Å². The molecule has 1 atom stereocenters. The van der Waals surface area contributed by atoms with Crippen molar-refractivity contribution in [1.82, 2.24) is 9.97 Å². The molecule has 0 spiro atoms. The maximum absolute atomic E-state index is 4.46. The Morgan fingerprint density at radius 1 is 1.23 bits per heavy atom. The summed E-state index contributed by atoms with van der Waals surface area (Å²) < 4.78 is 0. The summed E-state index contributed by atoms with van der Waals surface area (Å²) in [6.07, 6.45) is 2.86.